The topological polar surface area (TPSA) is 47.0 Å². The van der Waals surface area contributed by atoms with Gasteiger partial charge in [-0.2, -0.15) is 0 Å². The van der Waals surface area contributed by atoms with Crippen LogP contribution < -0.4 is 10.1 Å². The molecule has 0 amide bonds. The summed E-state index contributed by atoms with van der Waals surface area (Å²) in [5.74, 6) is 0.521. The molecule has 1 N–H and O–H groups in total. The van der Waals surface area contributed by atoms with Gasteiger partial charge in [0.05, 0.1) is 0 Å². The Morgan fingerprint density at radius 1 is 1.04 bits per heavy atom. The van der Waals surface area contributed by atoms with E-state index in [4.69, 9.17) is 0 Å². The van der Waals surface area contributed by atoms with Crippen molar-refractivity contribution < 1.29 is 17.9 Å². The molecule has 0 saturated carbocycles. The number of aryl methyl sites for hydroxylation is 1. The van der Waals surface area contributed by atoms with E-state index in [2.05, 4.69) is 44.5 Å². The summed E-state index contributed by atoms with van der Waals surface area (Å²) in [4.78, 5) is 0. The van der Waals surface area contributed by atoms with Gasteiger partial charge in [0.2, 0.25) is 5.13 Å². The highest BCUT2D eigenvalue weighted by atomic mass is 32.2. The molecule has 0 radical (unpaired) electrons. The predicted molar refractivity (Wildman–Crippen MR) is 97.1 cm³/mol. The summed E-state index contributed by atoms with van der Waals surface area (Å²) in [5, 5.41) is 11.7. The van der Waals surface area contributed by atoms with Crippen molar-refractivity contribution in [3.05, 3.63) is 59.7 Å². The standard InChI is InChI=1S/C17H14F3N3OS2/c1-11-2-4-12(5-3-11)10-25-16-23-22-15(26-16)21-13-6-8-14(9-7-13)24-17(18,19)20/h2-9H,10H2,1H3,(H,21,22). The van der Waals surface area contributed by atoms with Crippen LogP contribution in [0.3, 0.4) is 0 Å². The van der Waals surface area contributed by atoms with Gasteiger partial charge < -0.3 is 10.1 Å². The molecule has 0 aliphatic heterocycles. The number of ether oxygens (including phenoxy) is 1. The molecule has 0 aliphatic carbocycles. The van der Waals surface area contributed by atoms with Crippen molar-refractivity contribution in [2.45, 2.75) is 23.4 Å². The minimum atomic E-state index is -4.70. The zero-order chi connectivity index (χ0) is 18.6. The number of halogens is 3. The summed E-state index contributed by atoms with van der Waals surface area (Å²) in [6.45, 7) is 2.04. The highest BCUT2D eigenvalue weighted by Crippen LogP contribution is 2.31. The predicted octanol–water partition coefficient (Wildman–Crippen LogP) is 5.78. The summed E-state index contributed by atoms with van der Waals surface area (Å²) in [5.41, 5.74) is 3.02. The Balaban J connectivity index is 1.55. The number of nitrogens with one attached hydrogen (secondary N) is 1. The van der Waals surface area contributed by atoms with E-state index in [0.29, 0.717) is 10.8 Å². The Hall–Kier alpha value is -2.26. The number of anilines is 2. The van der Waals surface area contributed by atoms with Crippen LogP contribution in [0.5, 0.6) is 5.75 Å². The fraction of sp³-hybridized carbons (Fsp3) is 0.176. The molecule has 3 rings (SSSR count). The van der Waals surface area contributed by atoms with Crippen LogP contribution in [0.2, 0.25) is 0 Å². The zero-order valence-corrected chi connectivity index (χ0v) is 15.2. The third-order valence-electron chi connectivity index (χ3n) is 3.23. The average molecular weight is 397 g/mol. The average Bonchev–Trinajstić information content (AvgIpc) is 3.02. The molecule has 4 nitrogen and oxygen atoms in total. The van der Waals surface area contributed by atoms with Gasteiger partial charge in [-0.15, -0.1) is 23.4 Å². The number of nitrogens with zero attached hydrogens (tertiary/aromatic N) is 2. The lowest BCUT2D eigenvalue weighted by Gasteiger charge is -2.09. The number of thioether (sulfide) groups is 1. The minimum Gasteiger partial charge on any atom is -0.406 e. The Morgan fingerprint density at radius 2 is 1.73 bits per heavy atom. The molecule has 26 heavy (non-hydrogen) atoms. The Morgan fingerprint density at radius 3 is 2.38 bits per heavy atom. The van der Waals surface area contributed by atoms with Crippen LogP contribution in [-0.4, -0.2) is 16.6 Å². The molecule has 0 spiro atoms. The molecule has 2 aromatic carbocycles. The summed E-state index contributed by atoms with van der Waals surface area (Å²) in [6.07, 6.45) is -4.70. The fourth-order valence-corrected chi connectivity index (χ4v) is 3.74. The molecule has 0 bridgehead atoms. The van der Waals surface area contributed by atoms with Crippen LogP contribution in [0.15, 0.2) is 52.9 Å². The normalized spacial score (nSPS) is 11.4. The lowest BCUT2D eigenvalue weighted by molar-refractivity contribution is -0.274. The first-order valence-electron chi connectivity index (χ1n) is 7.52. The van der Waals surface area contributed by atoms with Crippen molar-refractivity contribution in [1.82, 2.24) is 10.2 Å². The van der Waals surface area contributed by atoms with Gasteiger partial charge in [0.15, 0.2) is 4.34 Å². The maximum absolute atomic E-state index is 12.1. The van der Waals surface area contributed by atoms with E-state index < -0.39 is 6.36 Å². The summed E-state index contributed by atoms with van der Waals surface area (Å²) >= 11 is 2.96. The molecule has 9 heteroatoms. The van der Waals surface area contributed by atoms with Crippen LogP contribution in [-0.2, 0) is 5.75 Å². The van der Waals surface area contributed by atoms with Crippen LogP contribution in [0.1, 0.15) is 11.1 Å². The number of alkyl halides is 3. The molecule has 1 heterocycles. The van der Waals surface area contributed by atoms with E-state index in [0.717, 1.165) is 10.1 Å². The molecule has 0 saturated heterocycles. The summed E-state index contributed by atoms with van der Waals surface area (Å²) < 4.78 is 41.1. The molecule has 1 aromatic heterocycles. The first-order chi connectivity index (χ1) is 12.4. The van der Waals surface area contributed by atoms with E-state index in [1.165, 1.54) is 46.7 Å². The van der Waals surface area contributed by atoms with Crippen molar-refractivity contribution in [3.63, 3.8) is 0 Å². The molecule has 0 fully saturated rings. The smallest absolute Gasteiger partial charge is 0.406 e. The third-order valence-corrected chi connectivity index (χ3v) is 5.27. The molecule has 0 aliphatic rings. The Kier molecular flexibility index (Phi) is 5.67. The van der Waals surface area contributed by atoms with Crippen LogP contribution in [0.4, 0.5) is 24.0 Å². The van der Waals surface area contributed by atoms with Gasteiger partial charge in [0.25, 0.3) is 0 Å². The van der Waals surface area contributed by atoms with Crippen molar-refractivity contribution in [1.29, 1.82) is 0 Å². The monoisotopic (exact) mass is 397 g/mol. The van der Waals surface area contributed by atoms with E-state index in [9.17, 15) is 13.2 Å². The maximum atomic E-state index is 12.1. The van der Waals surface area contributed by atoms with Gasteiger partial charge in [0.1, 0.15) is 5.75 Å². The number of rotatable bonds is 6. The van der Waals surface area contributed by atoms with Gasteiger partial charge in [-0.3, -0.25) is 0 Å². The zero-order valence-electron chi connectivity index (χ0n) is 13.6. The van der Waals surface area contributed by atoms with E-state index >= 15 is 0 Å². The maximum Gasteiger partial charge on any atom is 0.573 e. The number of hydrogen-bond donors (Lipinski definition) is 1. The molecular formula is C17H14F3N3OS2. The first-order valence-corrected chi connectivity index (χ1v) is 9.32. The minimum absolute atomic E-state index is 0.269. The quantitative estimate of drug-likeness (QED) is 0.534. The van der Waals surface area contributed by atoms with E-state index in [-0.39, 0.29) is 5.75 Å². The molecule has 0 unspecified atom stereocenters. The molecular weight excluding hydrogens is 383 g/mol. The van der Waals surface area contributed by atoms with Crippen molar-refractivity contribution in [3.8, 4) is 5.75 Å². The summed E-state index contributed by atoms with van der Waals surface area (Å²) in [6, 6.07) is 13.7. The van der Waals surface area contributed by atoms with E-state index in [1.54, 1.807) is 11.8 Å². The van der Waals surface area contributed by atoms with E-state index in [1.807, 2.05) is 6.92 Å². The van der Waals surface area contributed by atoms with Crippen molar-refractivity contribution in [2.24, 2.45) is 0 Å². The fourth-order valence-electron chi connectivity index (χ4n) is 2.01. The van der Waals surface area contributed by atoms with Gasteiger partial charge in [-0.25, -0.2) is 0 Å². The molecule has 0 atom stereocenters. The van der Waals surface area contributed by atoms with Crippen molar-refractivity contribution >= 4 is 33.9 Å². The highest BCUT2D eigenvalue weighted by molar-refractivity contribution is 8.00. The number of hydrogen-bond acceptors (Lipinski definition) is 6. The van der Waals surface area contributed by atoms with Crippen LogP contribution in [0.25, 0.3) is 0 Å². The lowest BCUT2D eigenvalue weighted by Crippen LogP contribution is -2.16. The Labute approximate surface area is 156 Å². The largest absolute Gasteiger partial charge is 0.573 e. The molecule has 3 aromatic rings. The summed E-state index contributed by atoms with van der Waals surface area (Å²) in [7, 11) is 0. The second kappa shape index (κ2) is 7.96. The van der Waals surface area contributed by atoms with Crippen molar-refractivity contribution in [2.75, 3.05) is 5.32 Å². The van der Waals surface area contributed by atoms with Crippen LogP contribution >= 0.6 is 23.1 Å². The van der Waals surface area contributed by atoms with Gasteiger partial charge >= 0.3 is 6.36 Å². The van der Waals surface area contributed by atoms with Gasteiger partial charge in [0, 0.05) is 11.4 Å². The van der Waals surface area contributed by atoms with Gasteiger partial charge in [-0.05, 0) is 36.8 Å². The van der Waals surface area contributed by atoms with Crippen LogP contribution in [0, 0.1) is 6.92 Å². The Bertz CT molecular complexity index is 849. The first kappa shape index (κ1) is 18.5. The number of aromatic nitrogens is 2. The SMILES string of the molecule is Cc1ccc(CSc2nnc(Nc3ccc(OC(F)(F)F)cc3)s2)cc1. The number of benzene rings is 2. The molecule has 136 valence electrons. The second-order valence-corrected chi connectivity index (χ2v) is 7.54. The lowest BCUT2D eigenvalue weighted by atomic mass is 10.2. The second-order valence-electron chi connectivity index (χ2n) is 5.34. The van der Waals surface area contributed by atoms with Gasteiger partial charge in [-0.1, -0.05) is 52.9 Å². The third kappa shape index (κ3) is 5.63. The highest BCUT2D eigenvalue weighted by Gasteiger charge is 2.30.